The molecular formula is C11H15NO2. The first-order chi connectivity index (χ1) is 6.68. The summed E-state index contributed by atoms with van der Waals surface area (Å²) in [5, 5.41) is 2.03. The highest BCUT2D eigenvalue weighted by Crippen LogP contribution is 2.20. The van der Waals surface area contributed by atoms with Crippen LogP contribution in [0.5, 0.6) is 0 Å². The zero-order valence-corrected chi connectivity index (χ0v) is 8.21. The van der Waals surface area contributed by atoms with Crippen molar-refractivity contribution in [2.75, 3.05) is 0 Å². The van der Waals surface area contributed by atoms with Crippen LogP contribution in [0, 0.1) is 0 Å². The largest absolute Gasteiger partial charge is 0.289 e. The highest BCUT2D eigenvalue weighted by atomic mass is 16.2. The fraction of sp³-hybridized carbons (Fsp3) is 0.455. The summed E-state index contributed by atoms with van der Waals surface area (Å²) in [4.78, 5) is 20.1. The molecule has 1 aliphatic heterocycles. The minimum Gasteiger partial charge on any atom is -0.289 e. The van der Waals surface area contributed by atoms with Crippen LogP contribution in [0.3, 0.4) is 0 Å². The Morgan fingerprint density at radius 1 is 1.00 bits per heavy atom. The number of rotatable bonds is 0. The van der Waals surface area contributed by atoms with Gasteiger partial charge >= 0.3 is 0 Å². The average molecular weight is 193 g/mol. The van der Waals surface area contributed by atoms with Crippen LogP contribution in [0.1, 0.15) is 32.1 Å². The summed E-state index contributed by atoms with van der Waals surface area (Å²) in [6.45, 7) is 3.91. The molecule has 3 nitrogen and oxygen atoms in total. The summed E-state index contributed by atoms with van der Waals surface area (Å²) in [5.74, 6) is -0.657. The van der Waals surface area contributed by atoms with Crippen LogP contribution in [0.4, 0.5) is 0 Å². The third-order valence-electron chi connectivity index (χ3n) is 2.19. The molecule has 1 heterocycles. The second kappa shape index (κ2) is 5.37. The molecule has 2 amide bonds. The van der Waals surface area contributed by atoms with Crippen LogP contribution in [-0.2, 0) is 9.59 Å². The van der Waals surface area contributed by atoms with Crippen LogP contribution in [0.2, 0.25) is 0 Å². The molecule has 0 unspecified atom stereocenters. The second-order valence-corrected chi connectivity index (χ2v) is 3.50. The first-order valence-corrected chi connectivity index (χ1v) is 4.88. The van der Waals surface area contributed by atoms with E-state index in [9.17, 15) is 9.59 Å². The first-order valence-electron chi connectivity index (χ1n) is 4.88. The van der Waals surface area contributed by atoms with Gasteiger partial charge in [-0.3, -0.25) is 14.9 Å². The highest BCUT2D eigenvalue weighted by Gasteiger charge is 2.06. The quantitative estimate of drug-likeness (QED) is 0.470. The molecule has 1 aliphatic carbocycles. The van der Waals surface area contributed by atoms with Crippen molar-refractivity contribution in [1.29, 1.82) is 0 Å². The number of imide groups is 1. The maximum absolute atomic E-state index is 10.0. The molecule has 1 saturated carbocycles. The molecular weight excluding hydrogens is 178 g/mol. The maximum atomic E-state index is 10.0. The van der Waals surface area contributed by atoms with Crippen LogP contribution in [0.25, 0.3) is 0 Å². The molecule has 0 aromatic rings. The van der Waals surface area contributed by atoms with Gasteiger partial charge in [0.2, 0.25) is 0 Å². The van der Waals surface area contributed by atoms with E-state index in [0.29, 0.717) is 0 Å². The third kappa shape index (κ3) is 4.03. The van der Waals surface area contributed by atoms with Gasteiger partial charge in [-0.05, 0) is 25.7 Å². The summed E-state index contributed by atoms with van der Waals surface area (Å²) < 4.78 is 0. The lowest BCUT2D eigenvalue weighted by atomic mass is 9.97. The van der Waals surface area contributed by atoms with Gasteiger partial charge < -0.3 is 0 Å². The molecule has 0 spiro atoms. The van der Waals surface area contributed by atoms with E-state index in [4.69, 9.17) is 0 Å². The van der Waals surface area contributed by atoms with Crippen molar-refractivity contribution < 1.29 is 9.59 Å². The Bertz CT molecular complexity index is 255. The van der Waals surface area contributed by atoms with Crippen molar-refractivity contribution in [3.63, 3.8) is 0 Å². The highest BCUT2D eigenvalue weighted by molar-refractivity contribution is 6.12. The average Bonchev–Trinajstić information content (AvgIpc) is 2.52. The number of carbonyl (C=O) groups excluding carboxylic acids is 2. The lowest BCUT2D eigenvalue weighted by Gasteiger charge is -2.10. The van der Waals surface area contributed by atoms with Crippen molar-refractivity contribution in [2.45, 2.75) is 32.1 Å². The van der Waals surface area contributed by atoms with Crippen LogP contribution >= 0.6 is 0 Å². The van der Waals surface area contributed by atoms with Crippen molar-refractivity contribution >= 4 is 11.8 Å². The predicted octanol–water partition coefficient (Wildman–Crippen LogP) is 1.71. The fourth-order valence-electron chi connectivity index (χ4n) is 1.41. The molecule has 0 radical (unpaired) electrons. The minimum atomic E-state index is -0.329. The second-order valence-electron chi connectivity index (χ2n) is 3.50. The van der Waals surface area contributed by atoms with Crippen molar-refractivity contribution in [1.82, 2.24) is 5.32 Å². The van der Waals surface area contributed by atoms with E-state index in [1.807, 2.05) is 5.32 Å². The smallest absolute Gasteiger partial charge is 0.250 e. The van der Waals surface area contributed by atoms with E-state index in [0.717, 1.165) is 0 Å². The Morgan fingerprint density at radius 2 is 1.50 bits per heavy atom. The van der Waals surface area contributed by atoms with Crippen molar-refractivity contribution in [3.05, 3.63) is 24.3 Å². The van der Waals surface area contributed by atoms with E-state index >= 15 is 0 Å². The number of carbonyl (C=O) groups is 2. The van der Waals surface area contributed by atoms with Crippen LogP contribution < -0.4 is 5.32 Å². The topological polar surface area (TPSA) is 46.2 Å². The molecule has 1 N–H and O–H groups in total. The summed E-state index contributed by atoms with van der Waals surface area (Å²) in [5.41, 5.74) is 1.46. The number of hydrogen-bond acceptors (Lipinski definition) is 2. The van der Waals surface area contributed by atoms with E-state index in [-0.39, 0.29) is 11.8 Å². The van der Waals surface area contributed by atoms with Gasteiger partial charge in [0.25, 0.3) is 11.8 Å². The molecule has 0 atom stereocenters. The molecule has 0 bridgehead atoms. The molecule has 1 fully saturated rings. The predicted molar refractivity (Wildman–Crippen MR) is 54.5 cm³/mol. The summed E-state index contributed by atoms with van der Waals surface area (Å²) >= 11 is 0. The SMILES string of the molecule is C=C1CCCCC1.O=C1C=CC(=O)N1. The van der Waals surface area contributed by atoms with E-state index in [2.05, 4.69) is 6.58 Å². The lowest BCUT2D eigenvalue weighted by molar-refractivity contribution is -0.123. The van der Waals surface area contributed by atoms with Gasteiger partial charge in [0, 0.05) is 12.2 Å². The third-order valence-corrected chi connectivity index (χ3v) is 2.19. The molecule has 3 heteroatoms. The Morgan fingerprint density at radius 3 is 1.71 bits per heavy atom. The Balaban J connectivity index is 0.000000140. The number of allylic oxidation sites excluding steroid dienone is 1. The van der Waals surface area contributed by atoms with Crippen molar-refractivity contribution in [2.24, 2.45) is 0 Å². The first kappa shape index (κ1) is 10.7. The van der Waals surface area contributed by atoms with Gasteiger partial charge in [-0.25, -0.2) is 0 Å². The number of amides is 2. The molecule has 76 valence electrons. The van der Waals surface area contributed by atoms with Gasteiger partial charge in [-0.2, -0.15) is 0 Å². The Kier molecular flexibility index (Phi) is 4.11. The Labute approximate surface area is 83.9 Å². The van der Waals surface area contributed by atoms with Gasteiger partial charge in [-0.1, -0.05) is 18.6 Å². The van der Waals surface area contributed by atoms with Gasteiger partial charge in [0.05, 0.1) is 0 Å². The minimum absolute atomic E-state index is 0.329. The monoisotopic (exact) mass is 193 g/mol. The van der Waals surface area contributed by atoms with E-state index in [1.165, 1.54) is 49.8 Å². The molecule has 14 heavy (non-hydrogen) atoms. The maximum Gasteiger partial charge on any atom is 0.250 e. The Hall–Kier alpha value is -1.38. The summed E-state index contributed by atoms with van der Waals surface area (Å²) in [7, 11) is 0. The molecule has 2 aliphatic rings. The number of nitrogens with one attached hydrogen (secondary N) is 1. The zero-order valence-electron chi connectivity index (χ0n) is 8.21. The van der Waals surface area contributed by atoms with Gasteiger partial charge in [0.15, 0.2) is 0 Å². The molecule has 0 aromatic heterocycles. The van der Waals surface area contributed by atoms with Crippen LogP contribution in [-0.4, -0.2) is 11.8 Å². The molecule has 2 rings (SSSR count). The summed E-state index contributed by atoms with van der Waals surface area (Å²) in [6, 6.07) is 0. The molecule has 0 saturated heterocycles. The van der Waals surface area contributed by atoms with E-state index < -0.39 is 0 Å². The van der Waals surface area contributed by atoms with Gasteiger partial charge in [-0.15, -0.1) is 0 Å². The summed E-state index contributed by atoms with van der Waals surface area (Å²) in [6.07, 6.45) is 9.18. The van der Waals surface area contributed by atoms with Crippen molar-refractivity contribution in [3.8, 4) is 0 Å². The standard InChI is InChI=1S/C7H12.C4H3NO2/c1-7-5-3-2-4-6-7;6-3-1-2-4(7)5-3/h1-6H2;1-2H,(H,5,6,7). The fourth-order valence-corrected chi connectivity index (χ4v) is 1.41. The lowest BCUT2D eigenvalue weighted by Crippen LogP contribution is -2.19. The van der Waals surface area contributed by atoms with Gasteiger partial charge in [0.1, 0.15) is 0 Å². The number of hydrogen-bond donors (Lipinski definition) is 1. The molecule has 0 aromatic carbocycles. The zero-order chi connectivity index (χ0) is 10.4. The van der Waals surface area contributed by atoms with Crippen LogP contribution in [0.15, 0.2) is 24.3 Å². The van der Waals surface area contributed by atoms with E-state index in [1.54, 1.807) is 0 Å². The normalized spacial score (nSPS) is 20.1.